The Morgan fingerprint density at radius 1 is 0.833 bits per heavy atom. The number of unbranched alkanes of at least 4 members (excludes halogenated alkanes) is 1. The molecule has 0 amide bonds. The van der Waals surface area contributed by atoms with Crippen molar-refractivity contribution in [2.24, 2.45) is 0 Å². The highest BCUT2D eigenvalue weighted by molar-refractivity contribution is 7.64. The predicted octanol–water partition coefficient (Wildman–Crippen LogP) is 4.79. The van der Waals surface area contributed by atoms with Gasteiger partial charge in [-0.25, -0.2) is 0 Å². The molecule has 94 valence electrons. The average molecular weight is 256 g/mol. The van der Waals surface area contributed by atoms with Gasteiger partial charge in [-0.2, -0.15) is 0 Å². The van der Waals surface area contributed by atoms with Gasteiger partial charge in [-0.05, 0) is 29.6 Å². The topological polar surface area (TPSA) is 0 Å². The summed E-state index contributed by atoms with van der Waals surface area (Å²) in [5, 5.41) is 1.55. The first-order valence-corrected chi connectivity index (χ1v) is 8.45. The molecule has 1 atom stereocenters. The zero-order valence-electron chi connectivity index (χ0n) is 11.0. The summed E-state index contributed by atoms with van der Waals surface area (Å²) < 4.78 is 0. The molecule has 2 aromatic carbocycles. The molecule has 0 spiro atoms. The minimum absolute atomic E-state index is 0.0379. The minimum Gasteiger partial charge on any atom is -0.0708 e. The van der Waals surface area contributed by atoms with E-state index in [1.807, 2.05) is 0 Å². The monoisotopic (exact) mass is 256 g/mol. The highest BCUT2D eigenvalue weighted by Gasteiger charge is 2.10. The van der Waals surface area contributed by atoms with E-state index in [2.05, 4.69) is 67.6 Å². The maximum absolute atomic E-state index is 2.30. The van der Waals surface area contributed by atoms with Crippen molar-refractivity contribution in [1.82, 2.24) is 0 Å². The molecule has 1 heteroatoms. The van der Waals surface area contributed by atoms with E-state index in [9.17, 15) is 0 Å². The van der Waals surface area contributed by atoms with E-state index in [0.717, 1.165) is 0 Å². The molecule has 0 saturated heterocycles. The lowest BCUT2D eigenvalue weighted by molar-refractivity contribution is 0.891. The first kappa shape index (κ1) is 13.3. The van der Waals surface area contributed by atoms with Gasteiger partial charge in [0.05, 0.1) is 0 Å². The van der Waals surface area contributed by atoms with E-state index >= 15 is 0 Å². The summed E-state index contributed by atoms with van der Waals surface area (Å²) >= 11 is 0. The Balaban J connectivity index is 2.10. The molecule has 0 aromatic heterocycles. The number of hydrogen-bond acceptors (Lipinski definition) is 0. The second kappa shape index (κ2) is 7.34. The van der Waals surface area contributed by atoms with Gasteiger partial charge >= 0.3 is 0 Å². The molecule has 0 saturated carbocycles. The highest BCUT2D eigenvalue weighted by Crippen LogP contribution is 2.39. The number of rotatable bonds is 6. The van der Waals surface area contributed by atoms with Gasteiger partial charge in [0.15, 0.2) is 0 Å². The molecule has 0 radical (unpaired) electrons. The molecule has 0 nitrogen and oxygen atoms in total. The van der Waals surface area contributed by atoms with Crippen LogP contribution in [0.5, 0.6) is 0 Å². The van der Waals surface area contributed by atoms with Gasteiger partial charge in [0.1, 0.15) is 0 Å². The summed E-state index contributed by atoms with van der Waals surface area (Å²) in [6.45, 7) is 2.28. The van der Waals surface area contributed by atoms with Gasteiger partial charge in [-0.15, -0.1) is 0 Å². The normalized spacial score (nSPS) is 12.3. The molecule has 1 unspecified atom stereocenters. The fourth-order valence-electron chi connectivity index (χ4n) is 2.09. The van der Waals surface area contributed by atoms with Crippen LogP contribution in [0, 0.1) is 0 Å². The van der Waals surface area contributed by atoms with Gasteiger partial charge in [-0.1, -0.05) is 81.9 Å². The van der Waals surface area contributed by atoms with E-state index in [0.29, 0.717) is 0 Å². The molecular formula is C17H21P. The Labute approximate surface area is 112 Å². The molecular weight excluding hydrogens is 235 g/mol. The third-order valence-corrected chi connectivity index (χ3v) is 5.75. The fourth-order valence-corrected chi connectivity index (χ4v) is 4.63. The quantitative estimate of drug-likeness (QED) is 0.652. The minimum atomic E-state index is -0.0379. The zero-order valence-corrected chi connectivity index (χ0v) is 11.9. The molecule has 0 bridgehead atoms. The van der Waals surface area contributed by atoms with Crippen molar-refractivity contribution in [3.63, 3.8) is 0 Å². The standard InChI is InChI=1S/C17H21P/c1-2-3-14-18(17-12-8-5-9-13-17)15-16-10-6-4-7-11-16/h4-13H,2-3,14-15H2,1H3. The summed E-state index contributed by atoms with van der Waals surface area (Å²) in [7, 11) is -0.0379. The van der Waals surface area contributed by atoms with Crippen LogP contribution in [0.15, 0.2) is 60.7 Å². The van der Waals surface area contributed by atoms with Crippen LogP contribution in [-0.4, -0.2) is 6.16 Å². The molecule has 2 aromatic rings. The first-order chi connectivity index (χ1) is 8.90. The van der Waals surface area contributed by atoms with E-state index in [4.69, 9.17) is 0 Å². The fraction of sp³-hybridized carbons (Fsp3) is 0.294. The zero-order chi connectivity index (χ0) is 12.6. The Morgan fingerprint density at radius 2 is 1.44 bits per heavy atom. The Bertz CT molecular complexity index is 436. The van der Waals surface area contributed by atoms with Crippen LogP contribution in [0.3, 0.4) is 0 Å². The van der Waals surface area contributed by atoms with Crippen LogP contribution in [0.4, 0.5) is 0 Å². The van der Waals surface area contributed by atoms with Crippen LogP contribution in [0.1, 0.15) is 25.3 Å². The second-order valence-corrected chi connectivity index (χ2v) is 6.96. The van der Waals surface area contributed by atoms with E-state index in [1.54, 1.807) is 5.30 Å². The lowest BCUT2D eigenvalue weighted by Crippen LogP contribution is -2.05. The van der Waals surface area contributed by atoms with Gasteiger partial charge in [-0.3, -0.25) is 0 Å². The maximum atomic E-state index is 2.30. The maximum Gasteiger partial charge on any atom is -0.00328 e. The lowest BCUT2D eigenvalue weighted by Gasteiger charge is -2.18. The van der Waals surface area contributed by atoms with Crippen molar-refractivity contribution >= 4 is 13.2 Å². The average Bonchev–Trinajstić information content (AvgIpc) is 2.45. The molecule has 0 aliphatic rings. The van der Waals surface area contributed by atoms with Crippen molar-refractivity contribution in [2.45, 2.75) is 25.9 Å². The predicted molar refractivity (Wildman–Crippen MR) is 82.9 cm³/mol. The molecule has 0 fully saturated rings. The van der Waals surface area contributed by atoms with E-state index < -0.39 is 0 Å². The van der Waals surface area contributed by atoms with Gasteiger partial charge in [0, 0.05) is 0 Å². The molecule has 0 aliphatic carbocycles. The van der Waals surface area contributed by atoms with Crippen LogP contribution in [0.2, 0.25) is 0 Å². The van der Waals surface area contributed by atoms with Crippen LogP contribution < -0.4 is 5.30 Å². The highest BCUT2D eigenvalue weighted by atomic mass is 31.1. The molecule has 2 rings (SSSR count). The summed E-state index contributed by atoms with van der Waals surface area (Å²) in [5.74, 6) is 0. The molecule has 0 aliphatic heterocycles. The van der Waals surface area contributed by atoms with E-state index in [1.165, 1.54) is 30.7 Å². The SMILES string of the molecule is CCCCP(Cc1ccccc1)c1ccccc1. The van der Waals surface area contributed by atoms with Crippen molar-refractivity contribution in [1.29, 1.82) is 0 Å². The Hall–Kier alpha value is -1.13. The lowest BCUT2D eigenvalue weighted by atomic mass is 10.2. The van der Waals surface area contributed by atoms with Crippen molar-refractivity contribution in [2.75, 3.05) is 6.16 Å². The molecule has 0 N–H and O–H groups in total. The number of benzene rings is 2. The third-order valence-electron chi connectivity index (χ3n) is 3.12. The molecule has 0 heterocycles. The summed E-state index contributed by atoms with van der Waals surface area (Å²) in [6, 6.07) is 21.9. The van der Waals surface area contributed by atoms with Gasteiger partial charge in [0.2, 0.25) is 0 Å². The smallest absolute Gasteiger partial charge is 0.00328 e. The summed E-state index contributed by atoms with van der Waals surface area (Å²) in [4.78, 5) is 0. The number of hydrogen-bond donors (Lipinski definition) is 0. The van der Waals surface area contributed by atoms with Crippen molar-refractivity contribution < 1.29 is 0 Å². The summed E-state index contributed by atoms with van der Waals surface area (Å²) in [5.41, 5.74) is 1.48. The van der Waals surface area contributed by atoms with Crippen LogP contribution in [0.25, 0.3) is 0 Å². The Morgan fingerprint density at radius 3 is 2.06 bits per heavy atom. The summed E-state index contributed by atoms with van der Waals surface area (Å²) in [6.07, 6.45) is 5.21. The third kappa shape index (κ3) is 3.96. The van der Waals surface area contributed by atoms with Crippen molar-refractivity contribution in [3.8, 4) is 0 Å². The van der Waals surface area contributed by atoms with Crippen LogP contribution >= 0.6 is 7.92 Å². The largest absolute Gasteiger partial charge is 0.0708 e. The van der Waals surface area contributed by atoms with Crippen LogP contribution in [-0.2, 0) is 6.16 Å². The Kier molecular flexibility index (Phi) is 5.42. The second-order valence-electron chi connectivity index (χ2n) is 4.60. The van der Waals surface area contributed by atoms with E-state index in [-0.39, 0.29) is 7.92 Å². The van der Waals surface area contributed by atoms with Gasteiger partial charge in [0.25, 0.3) is 0 Å². The van der Waals surface area contributed by atoms with Crippen molar-refractivity contribution in [3.05, 3.63) is 66.2 Å². The van der Waals surface area contributed by atoms with Gasteiger partial charge < -0.3 is 0 Å². The molecule has 18 heavy (non-hydrogen) atoms. The first-order valence-electron chi connectivity index (χ1n) is 6.74.